The van der Waals surface area contributed by atoms with Crippen molar-refractivity contribution >= 4 is 15.9 Å². The molecule has 0 aromatic heterocycles. The van der Waals surface area contributed by atoms with Crippen molar-refractivity contribution in [3.8, 4) is 5.75 Å². The largest absolute Gasteiger partial charge is 0.486 e. The molecule has 0 radical (unpaired) electrons. The van der Waals surface area contributed by atoms with E-state index in [4.69, 9.17) is 4.74 Å². The Labute approximate surface area is 89.8 Å². The van der Waals surface area contributed by atoms with Crippen LogP contribution in [0.25, 0.3) is 0 Å². The van der Waals surface area contributed by atoms with Crippen LogP contribution in [0.2, 0.25) is 0 Å². The lowest BCUT2D eigenvalue weighted by molar-refractivity contribution is 0.0637. The molecule has 2 rings (SSSR count). The van der Waals surface area contributed by atoms with Crippen molar-refractivity contribution < 1.29 is 14.2 Å². The second-order valence-corrected chi connectivity index (χ2v) is 4.14. The molecule has 0 bridgehead atoms. The molecule has 4 heteroatoms. The zero-order valence-corrected chi connectivity index (χ0v) is 9.21. The van der Waals surface area contributed by atoms with Gasteiger partial charge in [-0.25, -0.2) is 4.39 Å². The second-order valence-electron chi connectivity index (χ2n) is 3.28. The molecule has 1 aromatic rings. The smallest absolute Gasteiger partial charge is 0.142 e. The maximum Gasteiger partial charge on any atom is 0.142 e. The first-order valence-electron chi connectivity index (χ1n) is 4.47. The number of aliphatic hydroxyl groups excluding tert-OH is 1. The summed E-state index contributed by atoms with van der Waals surface area (Å²) in [6.07, 6.45) is -0.535. The highest BCUT2D eigenvalue weighted by atomic mass is 79.9. The first kappa shape index (κ1) is 9.93. The normalized spacial score (nSPS) is 24.6. The molecule has 0 amide bonds. The first-order valence-corrected chi connectivity index (χ1v) is 5.27. The third-order valence-corrected chi connectivity index (χ3v) is 3.04. The Morgan fingerprint density at radius 1 is 1.57 bits per heavy atom. The van der Waals surface area contributed by atoms with Crippen molar-refractivity contribution in [1.82, 2.24) is 0 Å². The van der Waals surface area contributed by atoms with Crippen LogP contribution in [0.1, 0.15) is 25.0 Å². The van der Waals surface area contributed by atoms with Gasteiger partial charge in [-0.2, -0.15) is 0 Å². The molecule has 2 atom stereocenters. The van der Waals surface area contributed by atoms with Crippen LogP contribution in [0.3, 0.4) is 0 Å². The molecule has 0 fully saturated rings. The summed E-state index contributed by atoms with van der Waals surface area (Å²) in [5.74, 6) is 0.0241. The summed E-state index contributed by atoms with van der Waals surface area (Å²) < 4.78 is 19.5. The Morgan fingerprint density at radius 2 is 2.29 bits per heavy atom. The predicted molar refractivity (Wildman–Crippen MR) is 53.8 cm³/mol. The lowest BCUT2D eigenvalue weighted by atomic mass is 10.0. The summed E-state index contributed by atoms with van der Waals surface area (Å²) >= 11 is 3.26. The molecule has 1 heterocycles. The maximum absolute atomic E-state index is 13.4. The van der Waals surface area contributed by atoms with Gasteiger partial charge >= 0.3 is 0 Å². The van der Waals surface area contributed by atoms with E-state index in [9.17, 15) is 9.50 Å². The van der Waals surface area contributed by atoms with Gasteiger partial charge in [-0.05, 0) is 34.5 Å². The second kappa shape index (κ2) is 3.51. The van der Waals surface area contributed by atoms with Gasteiger partial charge < -0.3 is 9.84 Å². The Hall–Kier alpha value is -0.610. The fourth-order valence-corrected chi connectivity index (χ4v) is 2.09. The quantitative estimate of drug-likeness (QED) is 0.842. The number of ether oxygens (including phenoxy) is 1. The SMILES string of the molecule is CCC1Oc2c(Br)ccc(F)c2C1O. The van der Waals surface area contributed by atoms with Crippen LogP contribution in [-0.4, -0.2) is 11.2 Å². The van der Waals surface area contributed by atoms with Crippen LogP contribution < -0.4 is 4.74 Å². The summed E-state index contributed by atoms with van der Waals surface area (Å²) in [6.45, 7) is 1.89. The molecule has 76 valence electrons. The number of fused-ring (bicyclic) bond motifs is 1. The molecule has 2 unspecified atom stereocenters. The Morgan fingerprint density at radius 3 is 2.86 bits per heavy atom. The lowest BCUT2D eigenvalue weighted by Gasteiger charge is -2.10. The predicted octanol–water partition coefficient (Wildman–Crippen LogP) is 2.79. The minimum atomic E-state index is -0.854. The average molecular weight is 261 g/mol. The van der Waals surface area contributed by atoms with E-state index in [2.05, 4.69) is 15.9 Å². The van der Waals surface area contributed by atoms with Crippen LogP contribution in [-0.2, 0) is 0 Å². The molecule has 1 N–H and O–H groups in total. The van der Waals surface area contributed by atoms with E-state index in [1.54, 1.807) is 6.07 Å². The molecule has 0 aliphatic carbocycles. The number of hydrogen-bond acceptors (Lipinski definition) is 2. The molecular weight excluding hydrogens is 251 g/mol. The zero-order valence-electron chi connectivity index (χ0n) is 7.63. The van der Waals surface area contributed by atoms with Gasteiger partial charge in [0.15, 0.2) is 0 Å². The summed E-state index contributed by atoms with van der Waals surface area (Å²) in [4.78, 5) is 0. The van der Waals surface area contributed by atoms with Crippen molar-refractivity contribution in [3.05, 3.63) is 28.0 Å². The van der Waals surface area contributed by atoms with Crippen molar-refractivity contribution in [2.75, 3.05) is 0 Å². The zero-order chi connectivity index (χ0) is 10.3. The van der Waals surface area contributed by atoms with Crippen LogP contribution in [0.5, 0.6) is 5.75 Å². The summed E-state index contributed by atoms with van der Waals surface area (Å²) in [7, 11) is 0. The summed E-state index contributed by atoms with van der Waals surface area (Å²) in [5.41, 5.74) is 0.270. The lowest BCUT2D eigenvalue weighted by Crippen LogP contribution is -2.17. The van der Waals surface area contributed by atoms with Crippen molar-refractivity contribution in [1.29, 1.82) is 0 Å². The summed E-state index contributed by atoms with van der Waals surface area (Å²) in [6, 6.07) is 2.91. The van der Waals surface area contributed by atoms with E-state index in [1.807, 2.05) is 6.92 Å². The van der Waals surface area contributed by atoms with Crippen molar-refractivity contribution in [2.24, 2.45) is 0 Å². The van der Waals surface area contributed by atoms with Crippen molar-refractivity contribution in [2.45, 2.75) is 25.6 Å². The van der Waals surface area contributed by atoms with Gasteiger partial charge in [0, 0.05) is 0 Å². The highest BCUT2D eigenvalue weighted by Gasteiger charge is 2.35. The third kappa shape index (κ3) is 1.33. The van der Waals surface area contributed by atoms with Gasteiger partial charge in [0.2, 0.25) is 0 Å². The highest BCUT2D eigenvalue weighted by Crippen LogP contribution is 2.43. The Kier molecular flexibility index (Phi) is 2.49. The summed E-state index contributed by atoms with van der Waals surface area (Å²) in [5, 5.41) is 9.76. The van der Waals surface area contributed by atoms with Gasteiger partial charge in [-0.1, -0.05) is 6.92 Å². The van der Waals surface area contributed by atoms with E-state index in [0.717, 1.165) is 0 Å². The van der Waals surface area contributed by atoms with Gasteiger partial charge in [-0.3, -0.25) is 0 Å². The minimum Gasteiger partial charge on any atom is -0.486 e. The number of halogens is 2. The highest BCUT2D eigenvalue weighted by molar-refractivity contribution is 9.10. The molecule has 1 aliphatic rings. The number of aliphatic hydroxyl groups is 1. The molecule has 1 aliphatic heterocycles. The first-order chi connectivity index (χ1) is 6.65. The van der Waals surface area contributed by atoms with E-state index in [1.165, 1.54) is 6.07 Å². The van der Waals surface area contributed by atoms with E-state index < -0.39 is 11.9 Å². The van der Waals surface area contributed by atoms with Gasteiger partial charge in [0.25, 0.3) is 0 Å². The van der Waals surface area contributed by atoms with E-state index in [0.29, 0.717) is 16.6 Å². The fraction of sp³-hybridized carbons (Fsp3) is 0.400. The van der Waals surface area contributed by atoms with Gasteiger partial charge in [-0.15, -0.1) is 0 Å². The molecule has 0 spiro atoms. The third-order valence-electron chi connectivity index (χ3n) is 2.41. The molecule has 14 heavy (non-hydrogen) atoms. The molecular formula is C10H10BrFO2. The number of rotatable bonds is 1. The number of hydrogen-bond donors (Lipinski definition) is 1. The van der Waals surface area contributed by atoms with Gasteiger partial charge in [0.05, 0.1) is 10.0 Å². The monoisotopic (exact) mass is 260 g/mol. The van der Waals surface area contributed by atoms with E-state index in [-0.39, 0.29) is 11.7 Å². The Balaban J connectivity index is 2.52. The fourth-order valence-electron chi connectivity index (χ4n) is 1.65. The van der Waals surface area contributed by atoms with Crippen molar-refractivity contribution in [3.63, 3.8) is 0 Å². The molecule has 1 aromatic carbocycles. The van der Waals surface area contributed by atoms with Gasteiger partial charge in [0.1, 0.15) is 23.8 Å². The van der Waals surface area contributed by atoms with Crippen LogP contribution in [0.15, 0.2) is 16.6 Å². The van der Waals surface area contributed by atoms with Crippen LogP contribution >= 0.6 is 15.9 Å². The standard InChI is InChI=1S/C10H10BrFO2/c1-2-7-9(13)8-6(12)4-3-5(11)10(8)14-7/h3-4,7,9,13H,2H2,1H3. The van der Waals surface area contributed by atoms with Crippen LogP contribution in [0.4, 0.5) is 4.39 Å². The molecule has 0 saturated carbocycles. The Bertz CT molecular complexity index is 367. The topological polar surface area (TPSA) is 29.5 Å². The minimum absolute atomic E-state index is 0.270. The molecule has 0 saturated heterocycles. The average Bonchev–Trinajstić information content (AvgIpc) is 2.51. The maximum atomic E-state index is 13.4. The van der Waals surface area contributed by atoms with E-state index >= 15 is 0 Å². The van der Waals surface area contributed by atoms with Crippen LogP contribution in [0, 0.1) is 5.82 Å². The molecule has 2 nitrogen and oxygen atoms in total. The number of benzene rings is 1.